The maximum absolute atomic E-state index is 5.52. The zero-order valence-corrected chi connectivity index (χ0v) is 35.9. The summed E-state index contributed by atoms with van der Waals surface area (Å²) < 4.78 is 4.50. The third-order valence-electron chi connectivity index (χ3n) is 10.9. The topological polar surface area (TPSA) is 49.7 Å². The Morgan fingerprint density at radius 2 is 1.20 bits per heavy atom. The Balaban J connectivity index is 0.00000441. The molecular formula is C50H47N5Pt. The predicted molar refractivity (Wildman–Crippen MR) is 230 cm³/mol. The molecule has 282 valence electrons. The first-order valence-electron chi connectivity index (χ1n) is 19.3. The smallest absolute Gasteiger partial charge is 0.435 e. The summed E-state index contributed by atoms with van der Waals surface area (Å²) in [7, 11) is 0. The van der Waals surface area contributed by atoms with Crippen molar-refractivity contribution in [2.24, 2.45) is 0 Å². The molecule has 6 heteroatoms. The molecule has 0 spiro atoms. The molecule has 0 saturated heterocycles. The number of nitrogens with zero attached hydrogens (tertiary/aromatic N) is 5. The molecule has 5 aromatic carbocycles. The Morgan fingerprint density at radius 3 is 1.93 bits per heavy atom. The van der Waals surface area contributed by atoms with Crippen LogP contribution in [-0.2, 0) is 37.3 Å². The van der Waals surface area contributed by atoms with Gasteiger partial charge in [-0.05, 0) is 73.4 Å². The van der Waals surface area contributed by atoms with Gasteiger partial charge < -0.3 is 14.1 Å². The zero-order valence-electron chi connectivity index (χ0n) is 33.6. The van der Waals surface area contributed by atoms with Crippen LogP contribution in [0.5, 0.6) is 0 Å². The predicted octanol–water partition coefficient (Wildman–Crippen LogP) is 12.7. The molecule has 0 aliphatic rings. The van der Waals surface area contributed by atoms with Gasteiger partial charge in [0.25, 0.3) is 0 Å². The first kappa shape index (κ1) is 37.7. The first-order valence-corrected chi connectivity index (χ1v) is 19.3. The van der Waals surface area contributed by atoms with Crippen LogP contribution in [0.2, 0.25) is 0 Å². The third-order valence-corrected chi connectivity index (χ3v) is 10.9. The van der Waals surface area contributed by atoms with E-state index in [2.05, 4.69) is 193 Å². The average molecular weight is 913 g/mol. The summed E-state index contributed by atoms with van der Waals surface area (Å²) in [5.41, 5.74) is 12.4. The van der Waals surface area contributed by atoms with E-state index in [4.69, 9.17) is 15.0 Å². The van der Waals surface area contributed by atoms with E-state index >= 15 is 0 Å². The standard InChI is InChI=1S/C50H47N5.Pt/c1-48(2,3)34-19-22-40-32(26-34)29-45(51-40)55-43-24-20-35(49(4,5)6)30-39(43)38-21-23-41(52-47(38)55)31-25-33(28-36(27-31)50(7,8)9)46-53-42-17-13-14-18-44(42)54(46)37-15-11-10-12-16-37;/h10-24,26-30H,1-9H3;/q-2;+2. The van der Waals surface area contributed by atoms with Gasteiger partial charge in [-0.3, -0.25) is 9.97 Å². The van der Waals surface area contributed by atoms with Gasteiger partial charge in [0.15, 0.2) is 0 Å². The molecule has 0 unspecified atom stereocenters. The largest absolute Gasteiger partial charge is 2.00 e. The van der Waals surface area contributed by atoms with Gasteiger partial charge in [0.1, 0.15) is 0 Å². The van der Waals surface area contributed by atoms with Crippen LogP contribution in [0.3, 0.4) is 0 Å². The van der Waals surface area contributed by atoms with Crippen molar-refractivity contribution in [1.82, 2.24) is 24.1 Å². The minimum Gasteiger partial charge on any atom is -0.435 e. The van der Waals surface area contributed by atoms with Crippen molar-refractivity contribution in [3.63, 3.8) is 0 Å². The number of hydrogen-bond acceptors (Lipinski definition) is 2. The Labute approximate surface area is 344 Å². The van der Waals surface area contributed by atoms with E-state index in [0.29, 0.717) is 0 Å². The van der Waals surface area contributed by atoms with Crippen molar-refractivity contribution in [2.45, 2.75) is 78.6 Å². The number of hydrogen-bond donors (Lipinski definition) is 0. The molecule has 5 nitrogen and oxygen atoms in total. The Hall–Kier alpha value is -5.25. The summed E-state index contributed by atoms with van der Waals surface area (Å²) in [5.74, 6) is 1.73. The van der Waals surface area contributed by atoms with Crippen molar-refractivity contribution in [3.05, 3.63) is 144 Å². The maximum Gasteiger partial charge on any atom is 2.00 e. The summed E-state index contributed by atoms with van der Waals surface area (Å²) in [4.78, 5) is 16.0. The summed E-state index contributed by atoms with van der Waals surface area (Å²) in [6, 6.07) is 47.2. The SMILES string of the molecule is CC(C)(C)c1cc(-c2ccc3c4cc(C(C)(C)C)ccc4n(-c4cc5cc(C(C)(C)C)ccc5[n-]4)c3n2)[c-]c(-c2nc3ccccc3n2-c2ccccc2)c1.[Pt+2]. The Bertz CT molecular complexity index is 2920. The van der Waals surface area contributed by atoms with E-state index < -0.39 is 0 Å². The number of benzene rings is 5. The Morgan fingerprint density at radius 1 is 0.536 bits per heavy atom. The van der Waals surface area contributed by atoms with Gasteiger partial charge in [0.2, 0.25) is 0 Å². The number of fused-ring (bicyclic) bond motifs is 5. The molecule has 0 N–H and O–H groups in total. The number of aromatic nitrogens is 5. The summed E-state index contributed by atoms with van der Waals surface area (Å²) in [6.07, 6.45) is 0. The van der Waals surface area contributed by atoms with Gasteiger partial charge in [-0.25, -0.2) is 0 Å². The summed E-state index contributed by atoms with van der Waals surface area (Å²) in [6.45, 7) is 20.3. The third kappa shape index (κ3) is 6.50. The van der Waals surface area contributed by atoms with Gasteiger partial charge in [-0.2, -0.15) is 0 Å². The number of para-hydroxylation sites is 3. The summed E-state index contributed by atoms with van der Waals surface area (Å²) in [5, 5.41) is 3.41. The van der Waals surface area contributed by atoms with Crippen molar-refractivity contribution in [1.29, 1.82) is 0 Å². The van der Waals surface area contributed by atoms with Gasteiger partial charge in [0.05, 0.1) is 22.5 Å². The molecule has 0 amide bonds. The van der Waals surface area contributed by atoms with Gasteiger partial charge in [-0.1, -0.05) is 164 Å². The number of imidazole rings is 1. The fourth-order valence-electron chi connectivity index (χ4n) is 7.69. The van der Waals surface area contributed by atoms with Crippen LogP contribution in [0, 0.1) is 6.07 Å². The fraction of sp³-hybridized carbons (Fsp3) is 0.240. The van der Waals surface area contributed by atoms with Gasteiger partial charge >= 0.3 is 21.1 Å². The van der Waals surface area contributed by atoms with E-state index in [1.165, 1.54) is 22.1 Å². The van der Waals surface area contributed by atoms with E-state index in [0.717, 1.165) is 72.6 Å². The number of rotatable bonds is 4. The normalized spacial score (nSPS) is 12.6. The molecule has 0 aliphatic carbocycles. The quantitative estimate of drug-likeness (QED) is 0.165. The van der Waals surface area contributed by atoms with Crippen LogP contribution in [0.4, 0.5) is 0 Å². The molecule has 4 aromatic heterocycles. The maximum atomic E-state index is 5.52. The van der Waals surface area contributed by atoms with E-state index in [-0.39, 0.29) is 37.3 Å². The second-order valence-corrected chi connectivity index (χ2v) is 18.1. The average Bonchev–Trinajstić information content (AvgIpc) is 3.84. The molecule has 4 heterocycles. The first-order chi connectivity index (χ1) is 26.1. The molecular weight excluding hydrogens is 866 g/mol. The molecule has 0 atom stereocenters. The molecule has 0 saturated carbocycles. The molecule has 56 heavy (non-hydrogen) atoms. The second kappa shape index (κ2) is 13.5. The van der Waals surface area contributed by atoms with Crippen LogP contribution < -0.4 is 4.98 Å². The molecule has 9 rings (SSSR count). The van der Waals surface area contributed by atoms with Crippen molar-refractivity contribution in [3.8, 4) is 34.2 Å². The monoisotopic (exact) mass is 912 g/mol. The zero-order chi connectivity index (χ0) is 38.4. The molecule has 0 bridgehead atoms. The molecule has 0 fully saturated rings. The molecule has 0 radical (unpaired) electrons. The van der Waals surface area contributed by atoms with Gasteiger partial charge in [0, 0.05) is 16.8 Å². The van der Waals surface area contributed by atoms with E-state index in [9.17, 15) is 0 Å². The fourth-order valence-corrected chi connectivity index (χ4v) is 7.69. The second-order valence-electron chi connectivity index (χ2n) is 18.1. The van der Waals surface area contributed by atoms with E-state index in [1.807, 2.05) is 6.07 Å². The molecule has 9 aromatic rings. The minimum atomic E-state index is -0.129. The van der Waals surface area contributed by atoms with E-state index in [1.54, 1.807) is 0 Å². The van der Waals surface area contributed by atoms with Gasteiger partial charge in [-0.15, -0.1) is 23.8 Å². The Kier molecular flexibility index (Phi) is 9.05. The van der Waals surface area contributed by atoms with Crippen LogP contribution in [0.15, 0.2) is 121 Å². The van der Waals surface area contributed by atoms with Crippen LogP contribution in [0.25, 0.3) is 78.0 Å². The van der Waals surface area contributed by atoms with Crippen LogP contribution >= 0.6 is 0 Å². The van der Waals surface area contributed by atoms with Crippen LogP contribution in [-0.4, -0.2) is 19.1 Å². The minimum absolute atomic E-state index is 0. The molecule has 0 aliphatic heterocycles. The number of pyridine rings is 1. The van der Waals surface area contributed by atoms with Crippen LogP contribution in [0.1, 0.15) is 79.0 Å². The van der Waals surface area contributed by atoms with Crippen molar-refractivity contribution >= 4 is 43.9 Å². The van der Waals surface area contributed by atoms with Crippen molar-refractivity contribution in [2.75, 3.05) is 0 Å². The van der Waals surface area contributed by atoms with Crippen molar-refractivity contribution < 1.29 is 21.1 Å². The summed E-state index contributed by atoms with van der Waals surface area (Å²) >= 11 is 0.